The number of rotatable bonds is 5. The third-order valence-electron chi connectivity index (χ3n) is 5.68. The van der Waals surface area contributed by atoms with Crippen LogP contribution in [0.4, 0.5) is 10.1 Å². The van der Waals surface area contributed by atoms with Gasteiger partial charge in [0.05, 0.1) is 17.3 Å². The van der Waals surface area contributed by atoms with Gasteiger partial charge in [-0.1, -0.05) is 6.07 Å². The summed E-state index contributed by atoms with van der Waals surface area (Å²) < 4.78 is 15.6. The van der Waals surface area contributed by atoms with Gasteiger partial charge in [-0.2, -0.15) is 0 Å². The van der Waals surface area contributed by atoms with E-state index >= 15 is 0 Å². The minimum Gasteiger partial charge on any atom is -0.478 e. The molecule has 2 atom stereocenters. The maximum atomic E-state index is 13.6. The van der Waals surface area contributed by atoms with E-state index in [2.05, 4.69) is 10.3 Å². The van der Waals surface area contributed by atoms with Gasteiger partial charge in [-0.3, -0.25) is 4.98 Å². The lowest BCUT2D eigenvalue weighted by atomic mass is 10.0. The summed E-state index contributed by atoms with van der Waals surface area (Å²) in [7, 11) is 0. The second-order valence-electron chi connectivity index (χ2n) is 7.63. The highest BCUT2D eigenvalue weighted by molar-refractivity contribution is 7.80. The summed E-state index contributed by atoms with van der Waals surface area (Å²) in [6, 6.07) is 22.0. The van der Waals surface area contributed by atoms with Gasteiger partial charge in [-0.15, -0.1) is 0 Å². The first-order chi connectivity index (χ1) is 16.0. The van der Waals surface area contributed by atoms with Gasteiger partial charge in [0.25, 0.3) is 0 Å². The number of hydrogen-bond donors (Lipinski definition) is 2. The highest BCUT2D eigenvalue weighted by Gasteiger charge is 2.42. The predicted molar refractivity (Wildman–Crippen MR) is 127 cm³/mol. The van der Waals surface area contributed by atoms with Crippen molar-refractivity contribution >= 4 is 29.0 Å². The predicted octanol–water partition coefficient (Wildman–Crippen LogP) is 4.89. The number of nitrogens with zero attached hydrogens (tertiary/aromatic N) is 3. The standard InChI is InChI=1S/C25H19FN4O2S/c26-17-8-12-19(13-9-17)30-23(22(28-25(30)33)20-4-1-2-14-27-20)21-5-3-15-29(21)18-10-6-16(7-11-18)24(31)32/h1-15,22-23H,(H,28,33)(H,31,32)/t22-,23+/m0/s1. The van der Waals surface area contributed by atoms with Gasteiger partial charge >= 0.3 is 5.97 Å². The van der Waals surface area contributed by atoms with Gasteiger partial charge in [0.2, 0.25) is 0 Å². The van der Waals surface area contributed by atoms with E-state index in [4.69, 9.17) is 12.2 Å². The molecule has 0 unspecified atom stereocenters. The van der Waals surface area contributed by atoms with Crippen molar-refractivity contribution < 1.29 is 14.3 Å². The molecule has 5 rings (SSSR count). The monoisotopic (exact) mass is 458 g/mol. The molecule has 1 aliphatic heterocycles. The molecule has 0 saturated carbocycles. The number of aromatic nitrogens is 2. The third kappa shape index (κ3) is 3.85. The van der Waals surface area contributed by atoms with E-state index in [0.717, 1.165) is 22.8 Å². The van der Waals surface area contributed by atoms with Crippen molar-refractivity contribution in [1.82, 2.24) is 14.9 Å². The van der Waals surface area contributed by atoms with Crippen molar-refractivity contribution in [3.63, 3.8) is 0 Å². The van der Waals surface area contributed by atoms with E-state index in [1.165, 1.54) is 12.1 Å². The molecule has 0 spiro atoms. The molecule has 6 nitrogen and oxygen atoms in total. The number of carbonyl (C=O) groups is 1. The molecule has 0 bridgehead atoms. The second-order valence-corrected chi connectivity index (χ2v) is 8.01. The number of carboxylic acids is 1. The number of carboxylic acid groups (broad SMARTS) is 1. The first kappa shape index (κ1) is 20.8. The fraction of sp³-hybridized carbons (Fsp3) is 0.0800. The van der Waals surface area contributed by atoms with Crippen LogP contribution in [0.3, 0.4) is 0 Å². The third-order valence-corrected chi connectivity index (χ3v) is 5.99. The van der Waals surface area contributed by atoms with Gasteiger partial charge in [0.15, 0.2) is 5.11 Å². The molecular formula is C25H19FN4O2S. The van der Waals surface area contributed by atoms with Gasteiger partial charge in [0.1, 0.15) is 11.9 Å². The number of halogens is 1. The van der Waals surface area contributed by atoms with Crippen LogP contribution >= 0.6 is 12.2 Å². The maximum Gasteiger partial charge on any atom is 0.335 e. The molecule has 8 heteroatoms. The Morgan fingerprint density at radius 3 is 2.36 bits per heavy atom. The Kier molecular flexibility index (Phi) is 5.35. The lowest BCUT2D eigenvalue weighted by Crippen LogP contribution is -2.30. The smallest absolute Gasteiger partial charge is 0.335 e. The van der Waals surface area contributed by atoms with Crippen LogP contribution in [-0.2, 0) is 0 Å². The van der Waals surface area contributed by atoms with Crippen molar-refractivity contribution in [2.45, 2.75) is 12.1 Å². The number of nitrogens with one attached hydrogen (secondary N) is 1. The molecule has 0 amide bonds. The van der Waals surface area contributed by atoms with E-state index in [1.807, 2.05) is 46.0 Å². The summed E-state index contributed by atoms with van der Waals surface area (Å²) in [6.07, 6.45) is 3.66. The average Bonchev–Trinajstić information content (AvgIpc) is 3.44. The summed E-state index contributed by atoms with van der Waals surface area (Å²) in [5, 5.41) is 13.1. The zero-order valence-electron chi connectivity index (χ0n) is 17.3. The summed E-state index contributed by atoms with van der Waals surface area (Å²) in [5.41, 5.74) is 3.53. The number of aromatic carboxylic acids is 1. The average molecular weight is 459 g/mol. The van der Waals surface area contributed by atoms with E-state index in [0.29, 0.717) is 5.11 Å². The quantitative estimate of drug-likeness (QED) is 0.415. The topological polar surface area (TPSA) is 70.4 Å². The van der Waals surface area contributed by atoms with Gasteiger partial charge in [0, 0.05) is 29.5 Å². The SMILES string of the molecule is O=C(O)c1ccc(-n2cccc2[C@@H]2[C@H](c3ccccn3)NC(=S)N2c2ccc(F)cc2)cc1. The molecular weight excluding hydrogens is 439 g/mol. The second kappa shape index (κ2) is 8.48. The zero-order chi connectivity index (χ0) is 22.9. The lowest BCUT2D eigenvalue weighted by molar-refractivity contribution is 0.0697. The Hall–Kier alpha value is -4.04. The maximum absolute atomic E-state index is 13.6. The van der Waals surface area contributed by atoms with E-state index < -0.39 is 5.97 Å². The van der Waals surface area contributed by atoms with Crippen molar-refractivity contribution in [3.8, 4) is 5.69 Å². The van der Waals surface area contributed by atoms with Gasteiger partial charge < -0.3 is 19.9 Å². The van der Waals surface area contributed by atoms with Gasteiger partial charge in [-0.05, 0) is 85.0 Å². The van der Waals surface area contributed by atoms with Gasteiger partial charge in [-0.25, -0.2) is 9.18 Å². The number of thiocarbonyl (C=S) groups is 1. The van der Waals surface area contributed by atoms with Crippen molar-refractivity contribution in [3.05, 3.63) is 114 Å². The van der Waals surface area contributed by atoms with Crippen molar-refractivity contribution in [1.29, 1.82) is 0 Å². The summed E-state index contributed by atoms with van der Waals surface area (Å²) in [6.45, 7) is 0. The van der Waals surface area contributed by atoms with Crippen LogP contribution < -0.4 is 10.2 Å². The molecule has 0 radical (unpaired) electrons. The van der Waals surface area contributed by atoms with E-state index in [9.17, 15) is 14.3 Å². The van der Waals surface area contributed by atoms with Crippen LogP contribution in [-0.4, -0.2) is 25.7 Å². The Bertz CT molecular complexity index is 1310. The fourth-order valence-corrected chi connectivity index (χ4v) is 4.52. The molecule has 4 aromatic rings. The number of anilines is 1. The molecule has 164 valence electrons. The highest BCUT2D eigenvalue weighted by Crippen LogP contribution is 2.42. The van der Waals surface area contributed by atoms with Crippen molar-refractivity contribution in [2.75, 3.05) is 4.90 Å². The van der Waals surface area contributed by atoms with Crippen LogP contribution in [0.15, 0.2) is 91.3 Å². The number of hydrogen-bond acceptors (Lipinski definition) is 3. The van der Waals surface area contributed by atoms with Crippen LogP contribution in [0.5, 0.6) is 0 Å². The summed E-state index contributed by atoms with van der Waals surface area (Å²) in [4.78, 5) is 17.8. The number of pyridine rings is 1. The molecule has 2 aromatic carbocycles. The molecule has 1 saturated heterocycles. The molecule has 3 heterocycles. The number of benzene rings is 2. The molecule has 2 aromatic heterocycles. The van der Waals surface area contributed by atoms with E-state index in [-0.39, 0.29) is 23.5 Å². The molecule has 1 fully saturated rings. The summed E-state index contributed by atoms with van der Waals surface area (Å²) in [5.74, 6) is -1.30. The molecule has 33 heavy (non-hydrogen) atoms. The fourth-order valence-electron chi connectivity index (χ4n) is 4.17. The lowest BCUT2D eigenvalue weighted by Gasteiger charge is -2.29. The molecule has 2 N–H and O–H groups in total. The van der Waals surface area contributed by atoms with Crippen LogP contribution in [0.25, 0.3) is 5.69 Å². The summed E-state index contributed by atoms with van der Waals surface area (Å²) >= 11 is 5.71. The van der Waals surface area contributed by atoms with E-state index in [1.54, 1.807) is 42.6 Å². The van der Waals surface area contributed by atoms with Crippen LogP contribution in [0, 0.1) is 5.82 Å². The molecule has 0 aliphatic carbocycles. The Balaban J connectivity index is 1.63. The highest BCUT2D eigenvalue weighted by atomic mass is 32.1. The van der Waals surface area contributed by atoms with Crippen LogP contribution in [0.2, 0.25) is 0 Å². The first-order valence-electron chi connectivity index (χ1n) is 10.3. The zero-order valence-corrected chi connectivity index (χ0v) is 18.1. The largest absolute Gasteiger partial charge is 0.478 e. The normalized spacial score (nSPS) is 17.7. The minimum absolute atomic E-state index is 0.218. The molecule has 1 aliphatic rings. The first-order valence-corrected chi connectivity index (χ1v) is 10.7. The Labute approximate surface area is 194 Å². The van der Waals surface area contributed by atoms with Crippen molar-refractivity contribution in [2.24, 2.45) is 0 Å². The minimum atomic E-state index is -0.975. The Morgan fingerprint density at radius 2 is 1.70 bits per heavy atom. The van der Waals surface area contributed by atoms with Crippen LogP contribution in [0.1, 0.15) is 33.8 Å². The Morgan fingerprint density at radius 1 is 0.970 bits per heavy atom.